The van der Waals surface area contributed by atoms with E-state index in [2.05, 4.69) is 0 Å². The molecular weight excluding hydrogens is 262 g/mol. The summed E-state index contributed by atoms with van der Waals surface area (Å²) >= 11 is 1.34. The summed E-state index contributed by atoms with van der Waals surface area (Å²) in [6, 6.07) is 7.47. The minimum atomic E-state index is -0.382. The fourth-order valence-electron chi connectivity index (χ4n) is 1.77. The van der Waals surface area contributed by atoms with Crippen LogP contribution in [0.4, 0.5) is 5.00 Å². The first kappa shape index (κ1) is 13.4. The van der Waals surface area contributed by atoms with Crippen LogP contribution in [0.2, 0.25) is 0 Å². The lowest BCUT2D eigenvalue weighted by atomic mass is 10.0. The zero-order chi connectivity index (χ0) is 13.8. The summed E-state index contributed by atoms with van der Waals surface area (Å²) in [7, 11) is 1.61. The van der Waals surface area contributed by atoms with Crippen molar-refractivity contribution in [2.24, 2.45) is 0 Å². The quantitative estimate of drug-likeness (QED) is 0.872. The summed E-state index contributed by atoms with van der Waals surface area (Å²) in [5, 5.41) is 2.34. The number of rotatable bonds is 4. The van der Waals surface area contributed by atoms with E-state index in [0.29, 0.717) is 17.2 Å². The highest BCUT2D eigenvalue weighted by Gasteiger charge is 2.19. The number of carbonyl (C=O) groups excluding carboxylic acids is 1. The van der Waals surface area contributed by atoms with E-state index in [-0.39, 0.29) is 5.97 Å². The van der Waals surface area contributed by atoms with Crippen molar-refractivity contribution in [2.45, 2.75) is 6.92 Å². The van der Waals surface area contributed by atoms with Crippen LogP contribution in [-0.2, 0) is 4.74 Å². The van der Waals surface area contributed by atoms with Gasteiger partial charge in [0.15, 0.2) is 0 Å². The second-order valence-electron chi connectivity index (χ2n) is 3.84. The number of methoxy groups -OCH3 is 1. The standard InChI is InChI=1S/C14H15NO3S/c1-3-18-14(16)12-11(8-19-13(12)15)9-4-6-10(17-2)7-5-9/h4-8H,3,15H2,1-2H3. The molecule has 0 saturated heterocycles. The molecule has 0 amide bonds. The van der Waals surface area contributed by atoms with Crippen LogP contribution in [0.3, 0.4) is 0 Å². The molecule has 100 valence electrons. The topological polar surface area (TPSA) is 61.5 Å². The summed E-state index contributed by atoms with van der Waals surface area (Å²) in [6.45, 7) is 2.10. The molecule has 0 bridgehead atoms. The molecule has 0 unspecified atom stereocenters. The molecule has 1 aromatic heterocycles. The van der Waals surface area contributed by atoms with Gasteiger partial charge in [-0.3, -0.25) is 0 Å². The van der Waals surface area contributed by atoms with Gasteiger partial charge in [0, 0.05) is 10.9 Å². The summed E-state index contributed by atoms with van der Waals surface area (Å²) in [4.78, 5) is 11.9. The second kappa shape index (κ2) is 5.75. The molecule has 0 aliphatic rings. The van der Waals surface area contributed by atoms with Gasteiger partial charge in [-0.2, -0.15) is 0 Å². The number of carbonyl (C=O) groups is 1. The lowest BCUT2D eigenvalue weighted by Gasteiger charge is -2.06. The van der Waals surface area contributed by atoms with Crippen LogP contribution >= 0.6 is 11.3 Å². The van der Waals surface area contributed by atoms with Crippen LogP contribution in [0.15, 0.2) is 29.6 Å². The second-order valence-corrected chi connectivity index (χ2v) is 4.75. The van der Waals surface area contributed by atoms with Crippen LogP contribution < -0.4 is 10.5 Å². The van der Waals surface area contributed by atoms with Crippen molar-refractivity contribution in [1.29, 1.82) is 0 Å². The van der Waals surface area contributed by atoms with E-state index in [1.54, 1.807) is 14.0 Å². The molecule has 0 aliphatic carbocycles. The summed E-state index contributed by atoms with van der Waals surface area (Å²) < 4.78 is 10.1. The molecule has 4 nitrogen and oxygen atoms in total. The SMILES string of the molecule is CCOC(=O)c1c(-c2ccc(OC)cc2)csc1N. The first-order chi connectivity index (χ1) is 9.17. The molecule has 1 heterocycles. The number of thiophene rings is 1. The Hall–Kier alpha value is -2.01. The number of benzene rings is 1. The van der Waals surface area contributed by atoms with Crippen LogP contribution in [0.25, 0.3) is 11.1 Å². The minimum absolute atomic E-state index is 0.330. The maximum atomic E-state index is 11.9. The van der Waals surface area contributed by atoms with E-state index >= 15 is 0 Å². The third-order valence-corrected chi connectivity index (χ3v) is 3.51. The first-order valence-electron chi connectivity index (χ1n) is 5.85. The highest BCUT2D eigenvalue weighted by molar-refractivity contribution is 7.14. The number of esters is 1. The largest absolute Gasteiger partial charge is 0.497 e. The monoisotopic (exact) mass is 277 g/mol. The average molecular weight is 277 g/mol. The van der Waals surface area contributed by atoms with E-state index in [1.165, 1.54) is 11.3 Å². The molecule has 2 N–H and O–H groups in total. The molecule has 19 heavy (non-hydrogen) atoms. The minimum Gasteiger partial charge on any atom is -0.497 e. The molecule has 1 aromatic carbocycles. The van der Waals surface area contributed by atoms with Crippen molar-refractivity contribution in [3.63, 3.8) is 0 Å². The fraction of sp³-hybridized carbons (Fsp3) is 0.214. The van der Waals surface area contributed by atoms with Gasteiger partial charge in [-0.15, -0.1) is 11.3 Å². The van der Waals surface area contributed by atoms with Crippen molar-refractivity contribution in [2.75, 3.05) is 19.5 Å². The summed E-state index contributed by atoms with van der Waals surface area (Å²) in [5.41, 5.74) is 8.01. The molecule has 0 fully saturated rings. The molecule has 0 aliphatic heterocycles. The summed E-state index contributed by atoms with van der Waals surface area (Å²) in [6.07, 6.45) is 0. The van der Waals surface area contributed by atoms with Gasteiger partial charge >= 0.3 is 5.97 Å². The Morgan fingerprint density at radius 2 is 2.00 bits per heavy atom. The van der Waals surface area contributed by atoms with Gasteiger partial charge in [0.2, 0.25) is 0 Å². The van der Waals surface area contributed by atoms with Crippen LogP contribution in [0.1, 0.15) is 17.3 Å². The molecule has 5 heteroatoms. The molecule has 0 radical (unpaired) electrons. The Morgan fingerprint density at radius 1 is 1.32 bits per heavy atom. The third kappa shape index (κ3) is 2.71. The van der Waals surface area contributed by atoms with Crippen molar-refractivity contribution in [3.05, 3.63) is 35.2 Å². The molecule has 2 aromatic rings. The predicted molar refractivity (Wildman–Crippen MR) is 76.7 cm³/mol. The number of hydrogen-bond donors (Lipinski definition) is 1. The summed E-state index contributed by atoms with van der Waals surface area (Å²) in [5.74, 6) is 0.386. The van der Waals surface area contributed by atoms with Crippen molar-refractivity contribution >= 4 is 22.3 Å². The number of nitrogen functional groups attached to an aromatic ring is 1. The number of ether oxygens (including phenoxy) is 2. The highest BCUT2D eigenvalue weighted by Crippen LogP contribution is 2.34. The van der Waals surface area contributed by atoms with E-state index < -0.39 is 0 Å². The number of anilines is 1. The lowest BCUT2D eigenvalue weighted by molar-refractivity contribution is 0.0529. The van der Waals surface area contributed by atoms with E-state index in [0.717, 1.165) is 16.9 Å². The van der Waals surface area contributed by atoms with Gasteiger partial charge in [0.1, 0.15) is 16.3 Å². The zero-order valence-electron chi connectivity index (χ0n) is 10.8. The molecule has 0 saturated carbocycles. The normalized spacial score (nSPS) is 10.2. The highest BCUT2D eigenvalue weighted by atomic mass is 32.1. The molecule has 0 spiro atoms. The predicted octanol–water partition coefficient (Wildman–Crippen LogP) is 3.18. The van der Waals surface area contributed by atoms with Crippen molar-refractivity contribution < 1.29 is 14.3 Å². The zero-order valence-corrected chi connectivity index (χ0v) is 11.6. The Bertz CT molecular complexity index is 575. The van der Waals surface area contributed by atoms with E-state index in [9.17, 15) is 4.79 Å². The van der Waals surface area contributed by atoms with Crippen molar-refractivity contribution in [1.82, 2.24) is 0 Å². The van der Waals surface area contributed by atoms with Crippen LogP contribution in [0, 0.1) is 0 Å². The van der Waals surface area contributed by atoms with Crippen molar-refractivity contribution in [3.8, 4) is 16.9 Å². The maximum absolute atomic E-state index is 11.9. The van der Waals surface area contributed by atoms with Crippen LogP contribution in [0.5, 0.6) is 5.75 Å². The maximum Gasteiger partial charge on any atom is 0.341 e. The average Bonchev–Trinajstić information content (AvgIpc) is 2.81. The van der Waals surface area contributed by atoms with E-state index in [4.69, 9.17) is 15.2 Å². The Labute approximate surface area is 115 Å². The smallest absolute Gasteiger partial charge is 0.341 e. The number of nitrogens with two attached hydrogens (primary N) is 1. The van der Waals surface area contributed by atoms with Gasteiger partial charge in [-0.1, -0.05) is 12.1 Å². The molecule has 2 rings (SSSR count). The van der Waals surface area contributed by atoms with Gasteiger partial charge in [-0.25, -0.2) is 4.79 Å². The fourth-order valence-corrected chi connectivity index (χ4v) is 2.58. The van der Waals surface area contributed by atoms with E-state index in [1.807, 2.05) is 29.6 Å². The van der Waals surface area contributed by atoms with Gasteiger partial charge in [0.05, 0.1) is 13.7 Å². The molecule has 0 atom stereocenters. The lowest BCUT2D eigenvalue weighted by Crippen LogP contribution is -2.07. The third-order valence-electron chi connectivity index (χ3n) is 2.70. The van der Waals surface area contributed by atoms with Gasteiger partial charge in [0.25, 0.3) is 0 Å². The van der Waals surface area contributed by atoms with Gasteiger partial charge in [-0.05, 0) is 24.6 Å². The first-order valence-corrected chi connectivity index (χ1v) is 6.73. The van der Waals surface area contributed by atoms with Gasteiger partial charge < -0.3 is 15.2 Å². The Balaban J connectivity index is 2.41. The molecular formula is C14H15NO3S. The Morgan fingerprint density at radius 3 is 2.58 bits per heavy atom. The Kier molecular flexibility index (Phi) is 4.06. The van der Waals surface area contributed by atoms with Crippen LogP contribution in [-0.4, -0.2) is 19.7 Å². The number of hydrogen-bond acceptors (Lipinski definition) is 5.